The summed E-state index contributed by atoms with van der Waals surface area (Å²) in [5.74, 6) is 0.257. The van der Waals surface area contributed by atoms with Gasteiger partial charge in [0.1, 0.15) is 12.0 Å². The van der Waals surface area contributed by atoms with E-state index in [9.17, 15) is 9.90 Å². The lowest BCUT2D eigenvalue weighted by atomic mass is 9.85. The van der Waals surface area contributed by atoms with Gasteiger partial charge in [0.05, 0.1) is 18.8 Å². The van der Waals surface area contributed by atoms with Gasteiger partial charge in [-0.15, -0.1) is 0 Å². The van der Waals surface area contributed by atoms with Crippen molar-refractivity contribution in [2.24, 2.45) is 11.8 Å². The van der Waals surface area contributed by atoms with E-state index in [4.69, 9.17) is 9.47 Å². The molecular weight excluding hydrogens is 268 g/mol. The van der Waals surface area contributed by atoms with Gasteiger partial charge in [-0.1, -0.05) is 30.3 Å². The van der Waals surface area contributed by atoms with Gasteiger partial charge in [-0.3, -0.25) is 4.79 Å². The number of esters is 1. The summed E-state index contributed by atoms with van der Waals surface area (Å²) in [5.41, 5.74) is 0.815. The Morgan fingerprint density at radius 1 is 1.19 bits per heavy atom. The second kappa shape index (κ2) is 5.11. The molecule has 1 saturated heterocycles. The van der Waals surface area contributed by atoms with Crippen LogP contribution in [-0.2, 0) is 14.3 Å². The number of fused-ring (bicyclic) bond motifs is 5. The van der Waals surface area contributed by atoms with Crippen molar-refractivity contribution < 1.29 is 19.4 Å². The van der Waals surface area contributed by atoms with Crippen molar-refractivity contribution in [3.05, 3.63) is 35.9 Å². The van der Waals surface area contributed by atoms with Crippen LogP contribution in [0.25, 0.3) is 0 Å². The number of hydrogen-bond donors (Lipinski definition) is 1. The molecule has 2 aliphatic carbocycles. The van der Waals surface area contributed by atoms with Crippen LogP contribution in [0.1, 0.15) is 30.7 Å². The molecule has 0 radical (unpaired) electrons. The molecule has 3 aliphatic rings. The van der Waals surface area contributed by atoms with Gasteiger partial charge >= 0.3 is 5.97 Å². The summed E-state index contributed by atoms with van der Waals surface area (Å²) in [5, 5.41) is 9.52. The van der Waals surface area contributed by atoms with Crippen LogP contribution in [0.3, 0.4) is 0 Å². The Morgan fingerprint density at radius 3 is 2.48 bits per heavy atom. The second-order valence-corrected chi connectivity index (χ2v) is 6.50. The first-order chi connectivity index (χ1) is 10.3. The van der Waals surface area contributed by atoms with Crippen molar-refractivity contribution in [2.75, 3.05) is 6.61 Å². The Balaban J connectivity index is 1.41. The first-order valence-electron chi connectivity index (χ1n) is 7.78. The summed E-state index contributed by atoms with van der Waals surface area (Å²) in [6, 6.07) is 9.35. The molecule has 2 saturated carbocycles. The van der Waals surface area contributed by atoms with Gasteiger partial charge in [0.25, 0.3) is 0 Å². The number of aliphatic hydroxyl groups excluding tert-OH is 1. The molecule has 1 aromatic carbocycles. The first kappa shape index (κ1) is 13.3. The average molecular weight is 288 g/mol. The van der Waals surface area contributed by atoms with Crippen LogP contribution in [0.15, 0.2) is 30.3 Å². The molecule has 4 nitrogen and oxygen atoms in total. The lowest BCUT2D eigenvalue weighted by Crippen LogP contribution is -2.32. The van der Waals surface area contributed by atoms with Gasteiger partial charge in [0.2, 0.25) is 0 Å². The smallest absolute Gasteiger partial charge is 0.316 e. The Kier molecular flexibility index (Phi) is 3.23. The fourth-order valence-electron chi connectivity index (χ4n) is 4.13. The van der Waals surface area contributed by atoms with Crippen LogP contribution in [0.2, 0.25) is 0 Å². The van der Waals surface area contributed by atoms with E-state index in [1.54, 1.807) is 0 Å². The van der Waals surface area contributed by atoms with E-state index in [-0.39, 0.29) is 18.7 Å². The standard InChI is InChI=1S/C17H20O4/c18-9-14(10-4-2-1-3-5-10)17(19)20-13-7-11-6-12(8-13)16-15(11)21-16/h1-5,11-16,18H,6-9H2. The maximum absolute atomic E-state index is 12.4. The number of ether oxygens (including phenoxy) is 2. The maximum atomic E-state index is 12.4. The quantitative estimate of drug-likeness (QED) is 0.679. The fourth-order valence-corrected chi connectivity index (χ4v) is 4.13. The highest BCUT2D eigenvalue weighted by Crippen LogP contribution is 2.54. The minimum atomic E-state index is -0.573. The zero-order valence-electron chi connectivity index (χ0n) is 11.9. The van der Waals surface area contributed by atoms with E-state index in [2.05, 4.69) is 0 Å². The summed E-state index contributed by atoms with van der Waals surface area (Å²) in [4.78, 5) is 12.4. The fraction of sp³-hybridized carbons (Fsp3) is 0.588. The van der Waals surface area contributed by atoms with E-state index in [0.29, 0.717) is 24.0 Å². The van der Waals surface area contributed by atoms with Crippen LogP contribution < -0.4 is 0 Å². The normalized spacial score (nSPS) is 37.7. The van der Waals surface area contributed by atoms with E-state index >= 15 is 0 Å². The summed E-state index contributed by atoms with van der Waals surface area (Å²) < 4.78 is 11.3. The van der Waals surface area contributed by atoms with Gasteiger partial charge in [-0.05, 0) is 36.7 Å². The van der Waals surface area contributed by atoms with Crippen molar-refractivity contribution in [2.45, 2.75) is 43.5 Å². The Bertz CT molecular complexity index is 513. The van der Waals surface area contributed by atoms with Gasteiger partial charge in [-0.25, -0.2) is 0 Å². The molecule has 5 atom stereocenters. The average Bonchev–Trinajstić information content (AvgIpc) is 3.25. The summed E-state index contributed by atoms with van der Waals surface area (Å²) in [6.07, 6.45) is 3.91. The molecule has 0 spiro atoms. The van der Waals surface area contributed by atoms with Crippen molar-refractivity contribution in [1.82, 2.24) is 0 Å². The van der Waals surface area contributed by atoms with Gasteiger partial charge < -0.3 is 14.6 Å². The SMILES string of the molecule is O=C(OC1CC2CC(C1)C1OC21)C(CO)c1ccccc1. The molecule has 21 heavy (non-hydrogen) atoms. The zero-order chi connectivity index (χ0) is 14.4. The number of benzene rings is 1. The van der Waals surface area contributed by atoms with Gasteiger partial charge in [0, 0.05) is 0 Å². The van der Waals surface area contributed by atoms with Gasteiger partial charge in [0.15, 0.2) is 0 Å². The number of rotatable bonds is 4. The van der Waals surface area contributed by atoms with E-state index in [1.807, 2.05) is 30.3 Å². The molecular formula is C17H20O4. The number of hydrogen-bond acceptors (Lipinski definition) is 4. The molecule has 1 aliphatic heterocycles. The molecule has 1 heterocycles. The third-order valence-corrected chi connectivity index (χ3v) is 5.18. The molecule has 3 fully saturated rings. The monoisotopic (exact) mass is 288 g/mol. The van der Waals surface area contributed by atoms with Gasteiger partial charge in [-0.2, -0.15) is 0 Å². The Labute approximate surface area is 124 Å². The van der Waals surface area contributed by atoms with Crippen LogP contribution >= 0.6 is 0 Å². The summed E-state index contributed by atoms with van der Waals surface area (Å²) >= 11 is 0. The minimum absolute atomic E-state index is 0.00425. The topological polar surface area (TPSA) is 59.1 Å². The molecule has 1 N–H and O–H groups in total. The molecule has 2 bridgehead atoms. The van der Waals surface area contributed by atoms with E-state index in [0.717, 1.165) is 18.4 Å². The molecule has 5 unspecified atom stereocenters. The third kappa shape index (κ3) is 2.36. The number of epoxide rings is 1. The lowest BCUT2D eigenvalue weighted by molar-refractivity contribution is -0.155. The van der Waals surface area contributed by atoms with Crippen molar-refractivity contribution in [3.63, 3.8) is 0 Å². The summed E-state index contributed by atoms with van der Waals surface area (Å²) in [7, 11) is 0. The molecule has 112 valence electrons. The predicted molar refractivity (Wildman–Crippen MR) is 75.6 cm³/mol. The first-order valence-corrected chi connectivity index (χ1v) is 7.78. The second-order valence-electron chi connectivity index (χ2n) is 6.50. The number of aliphatic hydroxyl groups is 1. The van der Waals surface area contributed by atoms with E-state index in [1.165, 1.54) is 6.42 Å². The molecule has 0 amide bonds. The molecule has 4 rings (SSSR count). The number of carbonyl (C=O) groups is 1. The highest BCUT2D eigenvalue weighted by Gasteiger charge is 2.59. The minimum Gasteiger partial charge on any atom is -0.462 e. The van der Waals surface area contributed by atoms with Crippen molar-refractivity contribution in [1.29, 1.82) is 0 Å². The highest BCUT2D eigenvalue weighted by molar-refractivity contribution is 5.78. The van der Waals surface area contributed by atoms with E-state index < -0.39 is 5.92 Å². The van der Waals surface area contributed by atoms with Crippen molar-refractivity contribution in [3.8, 4) is 0 Å². The summed E-state index contributed by atoms with van der Waals surface area (Å²) in [6.45, 7) is -0.212. The predicted octanol–water partition coefficient (Wildman–Crippen LogP) is 1.87. The van der Waals surface area contributed by atoms with Crippen LogP contribution in [0.5, 0.6) is 0 Å². The molecule has 1 aromatic rings. The molecule has 0 aromatic heterocycles. The molecule has 4 heteroatoms. The Hall–Kier alpha value is -1.39. The Morgan fingerprint density at radius 2 is 1.86 bits per heavy atom. The third-order valence-electron chi connectivity index (χ3n) is 5.18. The van der Waals surface area contributed by atoms with Crippen LogP contribution in [-0.4, -0.2) is 36.0 Å². The highest BCUT2D eigenvalue weighted by atomic mass is 16.6. The van der Waals surface area contributed by atoms with Crippen LogP contribution in [0, 0.1) is 11.8 Å². The number of carbonyl (C=O) groups excluding carboxylic acids is 1. The lowest BCUT2D eigenvalue weighted by Gasteiger charge is -2.30. The largest absolute Gasteiger partial charge is 0.462 e. The zero-order valence-corrected chi connectivity index (χ0v) is 11.9. The maximum Gasteiger partial charge on any atom is 0.316 e. The van der Waals surface area contributed by atoms with Crippen LogP contribution in [0.4, 0.5) is 0 Å². The van der Waals surface area contributed by atoms with Crippen molar-refractivity contribution >= 4 is 5.97 Å².